The molecule has 1 aromatic heterocycles. The summed E-state index contributed by atoms with van der Waals surface area (Å²) in [6, 6.07) is 8.32. The SMILES string of the molecule is CCNC(=NCCCCc1ccc(OC)cc1)NCCCCn1ccnc1C.I. The minimum absolute atomic E-state index is 0. The summed E-state index contributed by atoms with van der Waals surface area (Å²) in [6.45, 7) is 7.83. The van der Waals surface area contributed by atoms with E-state index in [4.69, 9.17) is 9.73 Å². The monoisotopic (exact) mass is 513 g/mol. The summed E-state index contributed by atoms with van der Waals surface area (Å²) in [5.41, 5.74) is 1.35. The topological polar surface area (TPSA) is 63.5 Å². The molecule has 1 aromatic carbocycles. The van der Waals surface area contributed by atoms with E-state index < -0.39 is 0 Å². The summed E-state index contributed by atoms with van der Waals surface area (Å²) >= 11 is 0. The average Bonchev–Trinajstić information content (AvgIpc) is 3.12. The maximum absolute atomic E-state index is 5.20. The van der Waals surface area contributed by atoms with Crippen LogP contribution in [0.4, 0.5) is 0 Å². The van der Waals surface area contributed by atoms with Crippen LogP contribution in [0.1, 0.15) is 44.0 Å². The fourth-order valence-electron chi connectivity index (χ4n) is 3.02. The second-order valence-corrected chi connectivity index (χ2v) is 6.87. The second-order valence-electron chi connectivity index (χ2n) is 6.87. The van der Waals surface area contributed by atoms with Gasteiger partial charge in [0.1, 0.15) is 11.6 Å². The van der Waals surface area contributed by atoms with Crippen LogP contribution in [-0.2, 0) is 13.0 Å². The first-order chi connectivity index (χ1) is 13.7. The highest BCUT2D eigenvalue weighted by Crippen LogP contribution is 2.13. The normalized spacial score (nSPS) is 11.1. The van der Waals surface area contributed by atoms with Gasteiger partial charge < -0.3 is 19.9 Å². The van der Waals surface area contributed by atoms with Crippen molar-refractivity contribution in [3.63, 3.8) is 0 Å². The number of rotatable bonds is 12. The standard InChI is InChI=1S/C22H35N5O.HI/c1-4-23-22(26-15-7-8-17-27-18-16-24-19(27)2)25-14-6-5-9-20-10-12-21(28-3)13-11-20;/h10-13,16,18H,4-9,14-15,17H2,1-3H3,(H2,23,25,26);1H. The van der Waals surface area contributed by atoms with Gasteiger partial charge in [-0.25, -0.2) is 4.98 Å². The highest BCUT2D eigenvalue weighted by molar-refractivity contribution is 14.0. The molecule has 0 aliphatic carbocycles. The number of unbranched alkanes of at least 4 members (excludes halogenated alkanes) is 2. The van der Waals surface area contributed by atoms with E-state index in [2.05, 4.69) is 39.2 Å². The average molecular weight is 513 g/mol. The van der Waals surface area contributed by atoms with E-state index in [1.807, 2.05) is 31.5 Å². The summed E-state index contributed by atoms with van der Waals surface area (Å²) in [5, 5.41) is 6.76. The Hall–Kier alpha value is -1.77. The van der Waals surface area contributed by atoms with Crippen molar-refractivity contribution in [3.05, 3.63) is 48.0 Å². The van der Waals surface area contributed by atoms with Crippen molar-refractivity contribution in [2.24, 2.45) is 4.99 Å². The molecule has 0 radical (unpaired) electrons. The summed E-state index contributed by atoms with van der Waals surface area (Å²) < 4.78 is 7.39. The maximum Gasteiger partial charge on any atom is 0.191 e. The van der Waals surface area contributed by atoms with Gasteiger partial charge in [0.15, 0.2) is 5.96 Å². The minimum Gasteiger partial charge on any atom is -0.497 e. The Bertz CT molecular complexity index is 699. The van der Waals surface area contributed by atoms with Crippen LogP contribution < -0.4 is 15.4 Å². The molecular weight excluding hydrogens is 477 g/mol. The predicted molar refractivity (Wildman–Crippen MR) is 132 cm³/mol. The smallest absolute Gasteiger partial charge is 0.191 e. The third kappa shape index (κ3) is 10.0. The van der Waals surface area contributed by atoms with Crippen molar-refractivity contribution in [1.29, 1.82) is 0 Å². The lowest BCUT2D eigenvalue weighted by molar-refractivity contribution is 0.414. The van der Waals surface area contributed by atoms with Crippen molar-refractivity contribution in [3.8, 4) is 5.75 Å². The number of nitrogens with one attached hydrogen (secondary N) is 2. The van der Waals surface area contributed by atoms with Crippen LogP contribution >= 0.6 is 24.0 Å². The van der Waals surface area contributed by atoms with Crippen LogP contribution in [-0.4, -0.2) is 42.3 Å². The number of ether oxygens (including phenoxy) is 1. The fraction of sp³-hybridized carbons (Fsp3) is 0.545. The van der Waals surface area contributed by atoms with Gasteiger partial charge in [-0.3, -0.25) is 4.99 Å². The van der Waals surface area contributed by atoms with E-state index in [-0.39, 0.29) is 24.0 Å². The minimum atomic E-state index is 0. The van der Waals surface area contributed by atoms with E-state index in [0.717, 1.165) is 75.8 Å². The molecule has 6 nitrogen and oxygen atoms in total. The number of hydrogen-bond donors (Lipinski definition) is 2. The van der Waals surface area contributed by atoms with Crippen molar-refractivity contribution in [2.45, 2.75) is 52.5 Å². The molecular formula is C22H36IN5O. The van der Waals surface area contributed by atoms with Crippen LogP contribution in [0.3, 0.4) is 0 Å². The van der Waals surface area contributed by atoms with Gasteiger partial charge in [0, 0.05) is 38.6 Å². The molecule has 0 fully saturated rings. The zero-order valence-corrected chi connectivity index (χ0v) is 20.3. The van der Waals surface area contributed by atoms with Crippen LogP contribution in [0, 0.1) is 6.92 Å². The molecule has 0 amide bonds. The highest BCUT2D eigenvalue weighted by atomic mass is 127. The zero-order valence-electron chi connectivity index (χ0n) is 18.0. The number of hydrogen-bond acceptors (Lipinski definition) is 3. The molecule has 2 rings (SSSR count). The van der Waals surface area contributed by atoms with Gasteiger partial charge in [-0.1, -0.05) is 12.1 Å². The molecule has 7 heteroatoms. The molecule has 0 saturated carbocycles. The summed E-state index contributed by atoms with van der Waals surface area (Å²) in [6.07, 6.45) is 9.45. The van der Waals surface area contributed by atoms with Crippen molar-refractivity contribution >= 4 is 29.9 Å². The number of halogens is 1. The Labute approximate surface area is 192 Å². The lowest BCUT2D eigenvalue weighted by Gasteiger charge is -2.11. The quantitative estimate of drug-likeness (QED) is 0.194. The third-order valence-corrected chi connectivity index (χ3v) is 4.69. The molecule has 0 bridgehead atoms. The molecule has 0 aliphatic heterocycles. The largest absolute Gasteiger partial charge is 0.497 e. The van der Waals surface area contributed by atoms with E-state index in [1.165, 1.54) is 5.56 Å². The first-order valence-electron chi connectivity index (χ1n) is 10.4. The Kier molecular flexibility index (Phi) is 13.2. The highest BCUT2D eigenvalue weighted by Gasteiger charge is 1.99. The number of nitrogens with zero attached hydrogens (tertiary/aromatic N) is 3. The van der Waals surface area contributed by atoms with Gasteiger partial charge in [0.25, 0.3) is 0 Å². The third-order valence-electron chi connectivity index (χ3n) is 4.69. The van der Waals surface area contributed by atoms with E-state index in [1.54, 1.807) is 7.11 Å². The number of aromatic nitrogens is 2. The van der Waals surface area contributed by atoms with E-state index >= 15 is 0 Å². The van der Waals surface area contributed by atoms with Crippen LogP contribution in [0.5, 0.6) is 5.75 Å². The molecule has 2 aromatic rings. The molecule has 162 valence electrons. The van der Waals surface area contributed by atoms with Crippen LogP contribution in [0.2, 0.25) is 0 Å². The summed E-state index contributed by atoms with van der Waals surface area (Å²) in [4.78, 5) is 8.95. The number of methoxy groups -OCH3 is 1. The van der Waals surface area contributed by atoms with E-state index in [0.29, 0.717) is 0 Å². The van der Waals surface area contributed by atoms with Gasteiger partial charge in [0.05, 0.1) is 7.11 Å². The number of benzene rings is 1. The maximum atomic E-state index is 5.20. The molecule has 1 heterocycles. The van der Waals surface area contributed by atoms with Crippen molar-refractivity contribution in [2.75, 3.05) is 26.7 Å². The van der Waals surface area contributed by atoms with Gasteiger partial charge in [-0.2, -0.15) is 0 Å². The van der Waals surface area contributed by atoms with Crippen molar-refractivity contribution in [1.82, 2.24) is 20.2 Å². The Morgan fingerprint density at radius 2 is 1.90 bits per heavy atom. The summed E-state index contributed by atoms with van der Waals surface area (Å²) in [7, 11) is 1.70. The summed E-state index contributed by atoms with van der Waals surface area (Å²) in [5.74, 6) is 2.91. The molecule has 0 saturated heterocycles. The second kappa shape index (κ2) is 15.1. The molecule has 0 spiro atoms. The Morgan fingerprint density at radius 3 is 2.55 bits per heavy atom. The number of guanidine groups is 1. The van der Waals surface area contributed by atoms with Gasteiger partial charge in [-0.15, -0.1) is 24.0 Å². The van der Waals surface area contributed by atoms with E-state index in [9.17, 15) is 0 Å². The van der Waals surface area contributed by atoms with Gasteiger partial charge in [-0.05, 0) is 63.6 Å². The predicted octanol–water partition coefficient (Wildman–Crippen LogP) is 4.18. The zero-order chi connectivity index (χ0) is 20.0. The Morgan fingerprint density at radius 1 is 1.10 bits per heavy atom. The molecule has 0 atom stereocenters. The van der Waals surface area contributed by atoms with Crippen LogP contribution in [0.25, 0.3) is 0 Å². The first-order valence-corrected chi connectivity index (χ1v) is 10.4. The number of imidazole rings is 1. The van der Waals surface area contributed by atoms with Crippen molar-refractivity contribution < 1.29 is 4.74 Å². The molecule has 0 unspecified atom stereocenters. The number of aryl methyl sites for hydroxylation is 3. The first kappa shape index (κ1) is 25.3. The lowest BCUT2D eigenvalue weighted by Crippen LogP contribution is -2.37. The number of aliphatic imine (C=N–C) groups is 1. The van der Waals surface area contributed by atoms with Crippen LogP contribution in [0.15, 0.2) is 41.7 Å². The van der Waals surface area contributed by atoms with Gasteiger partial charge in [0.2, 0.25) is 0 Å². The van der Waals surface area contributed by atoms with Gasteiger partial charge >= 0.3 is 0 Å². The molecule has 29 heavy (non-hydrogen) atoms. The fourth-order valence-corrected chi connectivity index (χ4v) is 3.02. The molecule has 2 N–H and O–H groups in total. The molecule has 0 aliphatic rings. The lowest BCUT2D eigenvalue weighted by atomic mass is 10.1. The Balaban J connectivity index is 0.00000420.